The van der Waals surface area contributed by atoms with E-state index in [1.54, 1.807) is 23.9 Å². The van der Waals surface area contributed by atoms with E-state index in [0.29, 0.717) is 12.1 Å². The fraction of sp³-hybridized carbons (Fsp3) is 0.214. The van der Waals surface area contributed by atoms with Gasteiger partial charge in [0.05, 0.1) is 23.9 Å². The molecular formula is C14H13BrN2OS. The van der Waals surface area contributed by atoms with Gasteiger partial charge in [-0.1, -0.05) is 0 Å². The molecule has 1 aromatic carbocycles. The van der Waals surface area contributed by atoms with Gasteiger partial charge in [0.25, 0.3) is 0 Å². The van der Waals surface area contributed by atoms with Crippen molar-refractivity contribution in [2.75, 3.05) is 11.6 Å². The van der Waals surface area contributed by atoms with Crippen LogP contribution in [0.2, 0.25) is 0 Å². The topological polar surface area (TPSA) is 49.0 Å². The van der Waals surface area contributed by atoms with E-state index in [4.69, 9.17) is 9.68 Å². The summed E-state index contributed by atoms with van der Waals surface area (Å²) in [6.45, 7) is 0.624. The van der Waals surface area contributed by atoms with Crippen molar-refractivity contribution in [2.45, 2.75) is 12.3 Å². The molecule has 3 nitrogen and oxygen atoms in total. The van der Waals surface area contributed by atoms with E-state index in [0.717, 1.165) is 27.4 Å². The fourth-order valence-corrected chi connectivity index (χ4v) is 2.61. The Morgan fingerprint density at radius 2 is 2.11 bits per heavy atom. The second-order valence-corrected chi connectivity index (χ2v) is 5.68. The van der Waals surface area contributed by atoms with E-state index in [2.05, 4.69) is 27.3 Å². The number of nitrogens with one attached hydrogen (secondary N) is 1. The van der Waals surface area contributed by atoms with Gasteiger partial charge in [-0.2, -0.15) is 17.0 Å². The van der Waals surface area contributed by atoms with E-state index < -0.39 is 0 Å². The first-order valence-electron chi connectivity index (χ1n) is 5.73. The van der Waals surface area contributed by atoms with Crippen LogP contribution in [0.4, 0.5) is 5.69 Å². The molecule has 0 unspecified atom stereocenters. The summed E-state index contributed by atoms with van der Waals surface area (Å²) in [7, 11) is 0. The van der Waals surface area contributed by atoms with Crippen LogP contribution in [0, 0.1) is 11.3 Å². The summed E-state index contributed by atoms with van der Waals surface area (Å²) >= 11 is 5.18. The van der Waals surface area contributed by atoms with Gasteiger partial charge in [0.2, 0.25) is 0 Å². The zero-order valence-electron chi connectivity index (χ0n) is 10.4. The number of rotatable bonds is 5. The van der Waals surface area contributed by atoms with Gasteiger partial charge < -0.3 is 9.73 Å². The van der Waals surface area contributed by atoms with E-state index in [1.807, 2.05) is 24.5 Å². The van der Waals surface area contributed by atoms with Crippen LogP contribution in [0.3, 0.4) is 0 Å². The zero-order valence-corrected chi connectivity index (χ0v) is 12.8. The highest BCUT2D eigenvalue weighted by Crippen LogP contribution is 2.24. The molecule has 1 heterocycles. The molecule has 98 valence electrons. The maximum absolute atomic E-state index is 8.81. The van der Waals surface area contributed by atoms with Gasteiger partial charge in [-0.05, 0) is 52.5 Å². The highest BCUT2D eigenvalue weighted by atomic mass is 79.9. The molecule has 0 aliphatic heterocycles. The number of benzene rings is 1. The highest BCUT2D eigenvalue weighted by Gasteiger charge is 2.04. The lowest BCUT2D eigenvalue weighted by molar-refractivity contribution is 0.487. The number of furan rings is 1. The Labute approximate surface area is 125 Å². The Kier molecular flexibility index (Phi) is 4.94. The molecule has 0 saturated carbocycles. The van der Waals surface area contributed by atoms with Crippen molar-refractivity contribution in [1.29, 1.82) is 5.26 Å². The first-order chi connectivity index (χ1) is 9.22. The number of halogens is 1. The van der Waals surface area contributed by atoms with Crippen LogP contribution < -0.4 is 5.32 Å². The van der Waals surface area contributed by atoms with Crippen LogP contribution in [0.15, 0.2) is 39.2 Å². The molecule has 0 fully saturated rings. The van der Waals surface area contributed by atoms with Gasteiger partial charge in [0.1, 0.15) is 11.5 Å². The lowest BCUT2D eigenvalue weighted by Crippen LogP contribution is -1.99. The number of nitrogens with zero attached hydrogens (tertiary/aromatic N) is 1. The Morgan fingerprint density at radius 1 is 1.32 bits per heavy atom. The van der Waals surface area contributed by atoms with E-state index in [-0.39, 0.29) is 0 Å². The van der Waals surface area contributed by atoms with Crippen LogP contribution in [0.1, 0.15) is 17.1 Å². The maximum Gasteiger partial charge on any atom is 0.123 e. The van der Waals surface area contributed by atoms with Crippen LogP contribution in [-0.2, 0) is 12.3 Å². The minimum atomic E-state index is 0.624. The van der Waals surface area contributed by atoms with Crippen molar-refractivity contribution in [2.24, 2.45) is 0 Å². The third kappa shape index (κ3) is 3.79. The Balaban J connectivity index is 2.00. The molecule has 5 heteroatoms. The summed E-state index contributed by atoms with van der Waals surface area (Å²) in [4.78, 5) is 0. The Morgan fingerprint density at radius 3 is 2.79 bits per heavy atom. The molecule has 0 aliphatic rings. The van der Waals surface area contributed by atoms with Gasteiger partial charge in [0, 0.05) is 10.2 Å². The van der Waals surface area contributed by atoms with Gasteiger partial charge >= 0.3 is 0 Å². The lowest BCUT2D eigenvalue weighted by atomic mass is 10.2. The maximum atomic E-state index is 8.81. The Bertz CT molecular complexity index is 604. The molecular weight excluding hydrogens is 324 g/mol. The van der Waals surface area contributed by atoms with Crippen molar-refractivity contribution >= 4 is 33.4 Å². The van der Waals surface area contributed by atoms with Crippen LogP contribution in [-0.4, -0.2) is 6.26 Å². The van der Waals surface area contributed by atoms with Gasteiger partial charge in [-0.15, -0.1) is 0 Å². The zero-order chi connectivity index (χ0) is 13.7. The normalized spacial score (nSPS) is 10.2. The summed E-state index contributed by atoms with van der Waals surface area (Å²) in [6, 6.07) is 11.6. The number of thioether (sulfide) groups is 1. The summed E-state index contributed by atoms with van der Waals surface area (Å²) in [5.41, 5.74) is 1.58. The number of nitriles is 1. The standard InChI is InChI=1S/C14H13BrN2OS/c1-19-9-12-4-3-11(18-12)8-17-14-5-2-10(7-16)6-13(14)15/h2-6,17H,8-9H2,1H3. The predicted molar refractivity (Wildman–Crippen MR) is 82.1 cm³/mol. The smallest absolute Gasteiger partial charge is 0.123 e. The van der Waals surface area contributed by atoms with E-state index in [1.165, 1.54) is 0 Å². The molecule has 2 aromatic rings. The monoisotopic (exact) mass is 336 g/mol. The molecule has 0 amide bonds. The Hall–Kier alpha value is -1.38. The van der Waals surface area contributed by atoms with Gasteiger partial charge in [0.15, 0.2) is 0 Å². The molecule has 0 bridgehead atoms. The van der Waals surface area contributed by atoms with Gasteiger partial charge in [-0.25, -0.2) is 0 Å². The minimum Gasteiger partial charge on any atom is -0.463 e. The van der Waals surface area contributed by atoms with Crippen molar-refractivity contribution in [1.82, 2.24) is 0 Å². The lowest BCUT2D eigenvalue weighted by Gasteiger charge is -2.07. The van der Waals surface area contributed by atoms with Crippen molar-refractivity contribution in [3.63, 3.8) is 0 Å². The van der Waals surface area contributed by atoms with E-state index >= 15 is 0 Å². The first kappa shape index (κ1) is 14.0. The summed E-state index contributed by atoms with van der Waals surface area (Å²) in [5, 5.41) is 12.1. The molecule has 0 aliphatic carbocycles. The molecule has 0 saturated heterocycles. The molecule has 2 rings (SSSR count). The molecule has 19 heavy (non-hydrogen) atoms. The van der Waals surface area contributed by atoms with Crippen molar-refractivity contribution in [3.05, 3.63) is 51.9 Å². The molecule has 1 N–H and O–H groups in total. The average molecular weight is 337 g/mol. The third-order valence-electron chi connectivity index (χ3n) is 2.56. The second kappa shape index (κ2) is 6.69. The van der Waals surface area contributed by atoms with E-state index in [9.17, 15) is 0 Å². The minimum absolute atomic E-state index is 0.624. The van der Waals surface area contributed by atoms with Crippen molar-refractivity contribution in [3.8, 4) is 6.07 Å². The van der Waals surface area contributed by atoms with Crippen LogP contribution in [0.5, 0.6) is 0 Å². The summed E-state index contributed by atoms with van der Waals surface area (Å²) in [5.74, 6) is 2.78. The SMILES string of the molecule is CSCc1ccc(CNc2ccc(C#N)cc2Br)o1. The first-order valence-corrected chi connectivity index (χ1v) is 7.91. The summed E-state index contributed by atoms with van der Waals surface area (Å²) in [6.07, 6.45) is 2.05. The van der Waals surface area contributed by atoms with Gasteiger partial charge in [-0.3, -0.25) is 0 Å². The number of hydrogen-bond acceptors (Lipinski definition) is 4. The molecule has 1 aromatic heterocycles. The summed E-state index contributed by atoms with van der Waals surface area (Å²) < 4.78 is 6.56. The third-order valence-corrected chi connectivity index (χ3v) is 3.78. The quantitative estimate of drug-likeness (QED) is 0.879. The number of hydrogen-bond donors (Lipinski definition) is 1. The van der Waals surface area contributed by atoms with Crippen LogP contribution in [0.25, 0.3) is 0 Å². The second-order valence-electron chi connectivity index (χ2n) is 3.96. The fourth-order valence-electron chi connectivity index (χ4n) is 1.65. The largest absolute Gasteiger partial charge is 0.463 e. The molecule has 0 atom stereocenters. The average Bonchev–Trinajstić information content (AvgIpc) is 2.85. The number of anilines is 1. The van der Waals surface area contributed by atoms with Crippen molar-refractivity contribution < 1.29 is 4.42 Å². The predicted octanol–water partition coefficient (Wildman–Crippen LogP) is 4.39. The highest BCUT2D eigenvalue weighted by molar-refractivity contribution is 9.10. The van der Waals surface area contributed by atoms with Crippen LogP contribution >= 0.6 is 27.7 Å². The molecule has 0 radical (unpaired) electrons. The molecule has 0 spiro atoms.